The summed E-state index contributed by atoms with van der Waals surface area (Å²) in [6.45, 7) is 4.70. The molecule has 2 amide bonds. The van der Waals surface area contributed by atoms with Gasteiger partial charge in [0.2, 0.25) is 17.6 Å². The molecule has 146 valence electrons. The van der Waals surface area contributed by atoms with Crippen LogP contribution in [0.15, 0.2) is 22.7 Å². The van der Waals surface area contributed by atoms with E-state index in [1.54, 1.807) is 25.1 Å². The third-order valence-electron chi connectivity index (χ3n) is 3.93. The van der Waals surface area contributed by atoms with Crippen LogP contribution < -0.4 is 24.8 Å². The molecule has 0 saturated carbocycles. The van der Waals surface area contributed by atoms with Gasteiger partial charge in [-0.15, -0.1) is 0 Å². The van der Waals surface area contributed by atoms with Gasteiger partial charge >= 0.3 is 0 Å². The maximum atomic E-state index is 12.7. The first-order chi connectivity index (χ1) is 12.7. The van der Waals surface area contributed by atoms with Gasteiger partial charge in [0, 0.05) is 23.9 Å². The molecule has 0 fully saturated rings. The molecule has 9 heteroatoms. The standard InChI is InChI=1S/C18H23N3O6/c1-10-7-14(21-27-10)20-17(23)18(2,3)16(22)19-11-8-12(24-4)15(26-6)13(9-11)25-5/h7-9H,1-6H3,(H,19,22)(H,20,21,23). The van der Waals surface area contributed by atoms with Crippen molar-refractivity contribution in [3.05, 3.63) is 24.0 Å². The molecular weight excluding hydrogens is 354 g/mol. The lowest BCUT2D eigenvalue weighted by atomic mass is 9.91. The Bertz CT molecular complexity index is 818. The number of benzene rings is 1. The number of hydrogen-bond donors (Lipinski definition) is 2. The zero-order valence-electron chi connectivity index (χ0n) is 16.1. The molecule has 2 aromatic rings. The van der Waals surface area contributed by atoms with Gasteiger partial charge in [-0.05, 0) is 20.8 Å². The Labute approximate surface area is 157 Å². The van der Waals surface area contributed by atoms with E-state index in [9.17, 15) is 9.59 Å². The first-order valence-corrected chi connectivity index (χ1v) is 8.09. The van der Waals surface area contributed by atoms with E-state index >= 15 is 0 Å². The van der Waals surface area contributed by atoms with Crippen LogP contribution in [0.3, 0.4) is 0 Å². The normalized spacial score (nSPS) is 10.9. The summed E-state index contributed by atoms with van der Waals surface area (Å²) in [6, 6.07) is 4.72. The number of amides is 2. The van der Waals surface area contributed by atoms with E-state index in [1.165, 1.54) is 35.2 Å². The number of anilines is 2. The van der Waals surface area contributed by atoms with Crippen LogP contribution in [0, 0.1) is 12.3 Å². The second-order valence-electron chi connectivity index (χ2n) is 6.27. The molecule has 0 aliphatic heterocycles. The molecule has 2 rings (SSSR count). The Kier molecular flexibility index (Phi) is 5.94. The molecule has 27 heavy (non-hydrogen) atoms. The molecule has 0 saturated heterocycles. The van der Waals surface area contributed by atoms with E-state index in [-0.39, 0.29) is 5.82 Å². The minimum Gasteiger partial charge on any atom is -0.493 e. The lowest BCUT2D eigenvalue weighted by Gasteiger charge is -2.22. The van der Waals surface area contributed by atoms with Crippen LogP contribution in [-0.4, -0.2) is 38.3 Å². The van der Waals surface area contributed by atoms with Crippen LogP contribution in [-0.2, 0) is 9.59 Å². The highest BCUT2D eigenvalue weighted by Crippen LogP contribution is 2.40. The van der Waals surface area contributed by atoms with Crippen molar-refractivity contribution in [1.29, 1.82) is 0 Å². The summed E-state index contributed by atoms with van der Waals surface area (Å²) in [4.78, 5) is 25.2. The predicted octanol–water partition coefficient (Wildman–Crippen LogP) is 2.61. The molecule has 0 unspecified atom stereocenters. The maximum absolute atomic E-state index is 12.7. The van der Waals surface area contributed by atoms with E-state index in [0.29, 0.717) is 28.7 Å². The highest BCUT2D eigenvalue weighted by molar-refractivity contribution is 6.13. The van der Waals surface area contributed by atoms with Crippen molar-refractivity contribution in [3.63, 3.8) is 0 Å². The lowest BCUT2D eigenvalue weighted by Crippen LogP contribution is -2.41. The zero-order chi connectivity index (χ0) is 20.2. The number of ether oxygens (including phenoxy) is 3. The highest BCUT2D eigenvalue weighted by Gasteiger charge is 2.37. The number of aromatic nitrogens is 1. The van der Waals surface area contributed by atoms with Crippen molar-refractivity contribution in [2.24, 2.45) is 5.41 Å². The van der Waals surface area contributed by atoms with Gasteiger partial charge in [0.1, 0.15) is 11.2 Å². The molecule has 0 atom stereocenters. The second kappa shape index (κ2) is 7.98. The van der Waals surface area contributed by atoms with Crippen molar-refractivity contribution < 1.29 is 28.3 Å². The number of hydrogen-bond acceptors (Lipinski definition) is 7. The maximum Gasteiger partial charge on any atom is 0.240 e. The van der Waals surface area contributed by atoms with E-state index < -0.39 is 17.2 Å². The molecule has 0 aliphatic rings. The number of aryl methyl sites for hydroxylation is 1. The van der Waals surface area contributed by atoms with Gasteiger partial charge in [-0.25, -0.2) is 0 Å². The molecule has 2 N–H and O–H groups in total. The number of rotatable bonds is 7. The van der Waals surface area contributed by atoms with Crippen molar-refractivity contribution in [1.82, 2.24) is 5.16 Å². The minimum atomic E-state index is -1.38. The SMILES string of the molecule is COc1cc(NC(=O)C(C)(C)C(=O)Nc2cc(C)on2)cc(OC)c1OC. The van der Waals surface area contributed by atoms with E-state index in [1.807, 2.05) is 0 Å². The van der Waals surface area contributed by atoms with Crippen LogP contribution in [0.4, 0.5) is 11.5 Å². The van der Waals surface area contributed by atoms with Crippen LogP contribution in [0.5, 0.6) is 17.2 Å². The van der Waals surface area contributed by atoms with E-state index in [2.05, 4.69) is 15.8 Å². The fourth-order valence-electron chi connectivity index (χ4n) is 2.24. The fourth-order valence-corrected chi connectivity index (χ4v) is 2.24. The second-order valence-corrected chi connectivity index (χ2v) is 6.27. The van der Waals surface area contributed by atoms with Crippen molar-refractivity contribution in [2.45, 2.75) is 20.8 Å². The Hall–Kier alpha value is -3.23. The van der Waals surface area contributed by atoms with Gasteiger partial charge in [-0.1, -0.05) is 5.16 Å². The van der Waals surface area contributed by atoms with Crippen LogP contribution in [0.2, 0.25) is 0 Å². The third-order valence-corrected chi connectivity index (χ3v) is 3.93. The van der Waals surface area contributed by atoms with Gasteiger partial charge in [0.05, 0.1) is 21.3 Å². The van der Waals surface area contributed by atoms with Gasteiger partial charge in [-0.3, -0.25) is 9.59 Å². The molecule has 0 aliphatic carbocycles. The molecule has 0 radical (unpaired) electrons. The molecule has 9 nitrogen and oxygen atoms in total. The first-order valence-electron chi connectivity index (χ1n) is 8.09. The quantitative estimate of drug-likeness (QED) is 0.713. The Balaban J connectivity index is 2.20. The van der Waals surface area contributed by atoms with Crippen LogP contribution in [0.25, 0.3) is 0 Å². The summed E-state index contributed by atoms with van der Waals surface area (Å²) < 4.78 is 20.7. The number of nitrogens with zero attached hydrogens (tertiary/aromatic N) is 1. The van der Waals surface area contributed by atoms with Crippen LogP contribution >= 0.6 is 0 Å². The minimum absolute atomic E-state index is 0.242. The number of nitrogens with one attached hydrogen (secondary N) is 2. The van der Waals surface area contributed by atoms with Crippen molar-refractivity contribution in [2.75, 3.05) is 32.0 Å². The number of carbonyl (C=O) groups is 2. The Morgan fingerprint density at radius 2 is 1.52 bits per heavy atom. The predicted molar refractivity (Wildman–Crippen MR) is 98.4 cm³/mol. The average Bonchev–Trinajstić information content (AvgIpc) is 3.05. The van der Waals surface area contributed by atoms with Crippen LogP contribution in [0.1, 0.15) is 19.6 Å². The summed E-state index contributed by atoms with van der Waals surface area (Å²) in [5, 5.41) is 8.95. The van der Waals surface area contributed by atoms with Crippen molar-refractivity contribution in [3.8, 4) is 17.2 Å². The smallest absolute Gasteiger partial charge is 0.240 e. The van der Waals surface area contributed by atoms with Gasteiger partial charge in [0.15, 0.2) is 17.3 Å². The van der Waals surface area contributed by atoms with Crippen molar-refractivity contribution >= 4 is 23.3 Å². The summed E-state index contributed by atoms with van der Waals surface area (Å²) in [5.74, 6) is 0.905. The Morgan fingerprint density at radius 1 is 0.963 bits per heavy atom. The first kappa shape index (κ1) is 20.1. The van der Waals surface area contributed by atoms with Gasteiger partial charge in [-0.2, -0.15) is 0 Å². The van der Waals surface area contributed by atoms with E-state index in [0.717, 1.165) is 0 Å². The zero-order valence-corrected chi connectivity index (χ0v) is 16.1. The summed E-state index contributed by atoms with van der Waals surface area (Å²) in [5.41, 5.74) is -0.986. The number of methoxy groups -OCH3 is 3. The topological polar surface area (TPSA) is 112 Å². The molecule has 0 spiro atoms. The third kappa shape index (κ3) is 4.30. The lowest BCUT2D eigenvalue weighted by molar-refractivity contribution is -0.135. The molecule has 0 bridgehead atoms. The Morgan fingerprint density at radius 3 is 1.96 bits per heavy atom. The average molecular weight is 377 g/mol. The fraction of sp³-hybridized carbons (Fsp3) is 0.389. The summed E-state index contributed by atoms with van der Waals surface area (Å²) >= 11 is 0. The summed E-state index contributed by atoms with van der Waals surface area (Å²) in [7, 11) is 4.43. The largest absolute Gasteiger partial charge is 0.493 e. The molecule has 1 aromatic carbocycles. The molecular formula is C18H23N3O6. The van der Waals surface area contributed by atoms with E-state index in [4.69, 9.17) is 18.7 Å². The molecule has 1 aromatic heterocycles. The number of carbonyl (C=O) groups excluding carboxylic acids is 2. The van der Waals surface area contributed by atoms with Gasteiger partial charge in [0.25, 0.3) is 0 Å². The van der Waals surface area contributed by atoms with Gasteiger partial charge < -0.3 is 29.4 Å². The molecule has 1 heterocycles. The summed E-state index contributed by atoms with van der Waals surface area (Å²) in [6.07, 6.45) is 0. The monoisotopic (exact) mass is 377 g/mol. The highest BCUT2D eigenvalue weighted by atomic mass is 16.5.